The molecule has 0 radical (unpaired) electrons. The molecule has 2 fully saturated rings. The summed E-state index contributed by atoms with van der Waals surface area (Å²) in [6, 6.07) is 12.4. The second-order valence-electron chi connectivity index (χ2n) is 6.62. The Morgan fingerprint density at radius 3 is 2.58 bits per heavy atom. The maximum atomic E-state index is 12.7. The molecule has 2 aromatic rings. The van der Waals surface area contributed by atoms with Gasteiger partial charge in [-0.25, -0.2) is 0 Å². The molecule has 1 N–H and O–H groups in total. The topological polar surface area (TPSA) is 56.8 Å². The van der Waals surface area contributed by atoms with E-state index in [9.17, 15) is 4.79 Å². The van der Waals surface area contributed by atoms with Crippen LogP contribution in [0.3, 0.4) is 0 Å². The third-order valence-electron chi connectivity index (χ3n) is 4.93. The maximum Gasteiger partial charge on any atom is 0.230 e. The van der Waals surface area contributed by atoms with Gasteiger partial charge in [-0.05, 0) is 61.7 Å². The number of fused-ring (bicyclic) bond motifs is 2. The van der Waals surface area contributed by atoms with Crippen LogP contribution in [0.4, 0.5) is 5.69 Å². The highest BCUT2D eigenvalue weighted by molar-refractivity contribution is 6.31. The third-order valence-corrected chi connectivity index (χ3v) is 5.16. The third kappa shape index (κ3) is 3.50. The van der Waals surface area contributed by atoms with Gasteiger partial charge in [-0.15, -0.1) is 0 Å². The molecule has 26 heavy (non-hydrogen) atoms. The van der Waals surface area contributed by atoms with E-state index in [0.717, 1.165) is 25.0 Å². The highest BCUT2D eigenvalue weighted by Gasteiger charge is 2.44. The fourth-order valence-electron chi connectivity index (χ4n) is 3.60. The first kappa shape index (κ1) is 17.2. The van der Waals surface area contributed by atoms with Crippen LogP contribution in [0.25, 0.3) is 0 Å². The molecule has 2 aliphatic heterocycles. The van der Waals surface area contributed by atoms with Crippen LogP contribution in [0.5, 0.6) is 17.2 Å². The summed E-state index contributed by atoms with van der Waals surface area (Å²) in [7, 11) is 1.61. The molecule has 3 atom stereocenters. The van der Waals surface area contributed by atoms with Crippen molar-refractivity contribution in [1.29, 1.82) is 0 Å². The lowest BCUT2D eigenvalue weighted by Crippen LogP contribution is -2.30. The van der Waals surface area contributed by atoms with Gasteiger partial charge in [-0.2, -0.15) is 0 Å². The lowest BCUT2D eigenvalue weighted by Gasteiger charge is -2.19. The van der Waals surface area contributed by atoms with E-state index in [2.05, 4.69) is 5.32 Å². The molecule has 5 nitrogen and oxygen atoms in total. The number of nitrogens with one attached hydrogen (secondary N) is 1. The minimum Gasteiger partial charge on any atom is -0.497 e. The standard InChI is InChI=1S/C20H20ClNO4/c1-24-13-3-5-14(6-4-13)25-19-8-2-12(21)10-17(19)22-20(23)16-11-15-7-9-18(16)26-15/h2-6,8,10,15-16,18H,7,9,11H2,1H3,(H,22,23)/t15-,16-,18+/m1/s1. The summed E-state index contributed by atoms with van der Waals surface area (Å²) < 4.78 is 16.9. The van der Waals surface area contributed by atoms with Crippen molar-refractivity contribution in [2.75, 3.05) is 12.4 Å². The van der Waals surface area contributed by atoms with Gasteiger partial charge in [0.15, 0.2) is 5.75 Å². The van der Waals surface area contributed by atoms with E-state index in [4.69, 9.17) is 25.8 Å². The van der Waals surface area contributed by atoms with Gasteiger partial charge in [-0.1, -0.05) is 11.6 Å². The number of halogens is 1. The van der Waals surface area contributed by atoms with Crippen molar-refractivity contribution in [2.24, 2.45) is 5.92 Å². The van der Waals surface area contributed by atoms with E-state index in [1.807, 2.05) is 24.3 Å². The highest BCUT2D eigenvalue weighted by Crippen LogP contribution is 2.40. The van der Waals surface area contributed by atoms with Crippen molar-refractivity contribution < 1.29 is 19.0 Å². The summed E-state index contributed by atoms with van der Waals surface area (Å²) in [5, 5.41) is 3.50. The average molecular weight is 374 g/mol. The summed E-state index contributed by atoms with van der Waals surface area (Å²) in [5.74, 6) is 1.78. The molecule has 1 amide bonds. The molecule has 0 unspecified atom stereocenters. The first-order chi connectivity index (χ1) is 12.6. The Hall–Kier alpha value is -2.24. The average Bonchev–Trinajstić information content (AvgIpc) is 3.28. The Balaban J connectivity index is 1.51. The molecule has 0 saturated carbocycles. The van der Waals surface area contributed by atoms with Crippen LogP contribution in [0.15, 0.2) is 42.5 Å². The van der Waals surface area contributed by atoms with Gasteiger partial charge in [0.2, 0.25) is 5.91 Å². The quantitative estimate of drug-likeness (QED) is 0.829. The minimum absolute atomic E-state index is 0.0325. The SMILES string of the molecule is COc1ccc(Oc2ccc(Cl)cc2NC(=O)[C@@H]2C[C@H]3CC[C@@H]2O3)cc1. The zero-order valence-electron chi connectivity index (χ0n) is 14.4. The minimum atomic E-state index is -0.110. The largest absolute Gasteiger partial charge is 0.497 e. The predicted molar refractivity (Wildman–Crippen MR) is 99.2 cm³/mol. The second-order valence-corrected chi connectivity index (χ2v) is 7.06. The second kappa shape index (κ2) is 7.17. The van der Waals surface area contributed by atoms with Gasteiger partial charge in [0.05, 0.1) is 30.9 Å². The summed E-state index contributed by atoms with van der Waals surface area (Å²) in [6.45, 7) is 0. The van der Waals surface area contributed by atoms with Gasteiger partial charge in [-0.3, -0.25) is 4.79 Å². The van der Waals surface area contributed by atoms with Crippen LogP contribution in [-0.2, 0) is 9.53 Å². The molecule has 0 aliphatic carbocycles. The van der Waals surface area contributed by atoms with Gasteiger partial charge in [0, 0.05) is 5.02 Å². The summed E-state index contributed by atoms with van der Waals surface area (Å²) in [5.41, 5.74) is 0.557. The monoisotopic (exact) mass is 373 g/mol. The lowest BCUT2D eigenvalue weighted by atomic mass is 9.88. The van der Waals surface area contributed by atoms with Crippen molar-refractivity contribution in [3.8, 4) is 17.2 Å². The molecule has 2 saturated heterocycles. The Morgan fingerprint density at radius 2 is 1.92 bits per heavy atom. The number of amides is 1. The number of carbonyl (C=O) groups is 1. The summed E-state index contributed by atoms with van der Waals surface area (Å²) in [6.07, 6.45) is 3.05. The normalized spacial score (nSPS) is 23.7. The highest BCUT2D eigenvalue weighted by atomic mass is 35.5. The number of ether oxygens (including phenoxy) is 3. The van der Waals surface area contributed by atoms with E-state index in [1.54, 1.807) is 25.3 Å². The van der Waals surface area contributed by atoms with E-state index in [-0.39, 0.29) is 24.0 Å². The predicted octanol–water partition coefficient (Wildman–Crippen LogP) is 4.65. The Labute approximate surface area is 157 Å². The Morgan fingerprint density at radius 1 is 1.15 bits per heavy atom. The summed E-state index contributed by atoms with van der Waals surface area (Å²) in [4.78, 5) is 12.7. The molecule has 0 aromatic heterocycles. The Bertz CT molecular complexity index is 808. The van der Waals surface area contributed by atoms with Crippen molar-refractivity contribution in [3.05, 3.63) is 47.5 Å². The van der Waals surface area contributed by atoms with E-state index < -0.39 is 0 Å². The zero-order valence-corrected chi connectivity index (χ0v) is 15.2. The van der Waals surface area contributed by atoms with Gasteiger partial charge >= 0.3 is 0 Å². The lowest BCUT2D eigenvalue weighted by molar-refractivity contribution is -0.121. The van der Waals surface area contributed by atoms with Crippen LogP contribution < -0.4 is 14.8 Å². The molecule has 0 spiro atoms. The fraction of sp³-hybridized carbons (Fsp3) is 0.350. The van der Waals surface area contributed by atoms with Gasteiger partial charge < -0.3 is 19.5 Å². The number of hydrogen-bond donors (Lipinski definition) is 1. The molecule has 136 valence electrons. The van der Waals surface area contributed by atoms with Gasteiger partial charge in [0.25, 0.3) is 0 Å². The number of hydrogen-bond acceptors (Lipinski definition) is 4. The first-order valence-electron chi connectivity index (χ1n) is 8.70. The number of benzene rings is 2. The smallest absolute Gasteiger partial charge is 0.230 e. The van der Waals surface area contributed by atoms with Gasteiger partial charge in [0.1, 0.15) is 11.5 Å². The Kier molecular flexibility index (Phi) is 4.74. The van der Waals surface area contributed by atoms with Crippen molar-refractivity contribution >= 4 is 23.2 Å². The zero-order chi connectivity index (χ0) is 18.1. The van der Waals surface area contributed by atoms with Crippen LogP contribution >= 0.6 is 11.6 Å². The van der Waals surface area contributed by atoms with Crippen LogP contribution in [0.1, 0.15) is 19.3 Å². The van der Waals surface area contributed by atoms with E-state index in [1.165, 1.54) is 0 Å². The molecular formula is C20H20ClNO4. The molecule has 2 aromatic carbocycles. The number of methoxy groups -OCH3 is 1. The maximum absolute atomic E-state index is 12.7. The summed E-state index contributed by atoms with van der Waals surface area (Å²) >= 11 is 6.12. The van der Waals surface area contributed by atoms with Crippen molar-refractivity contribution in [2.45, 2.75) is 31.5 Å². The van der Waals surface area contributed by atoms with Crippen LogP contribution in [-0.4, -0.2) is 25.2 Å². The molecule has 4 rings (SSSR count). The molecule has 2 heterocycles. The molecule has 6 heteroatoms. The van der Waals surface area contributed by atoms with Crippen molar-refractivity contribution in [1.82, 2.24) is 0 Å². The first-order valence-corrected chi connectivity index (χ1v) is 9.08. The van der Waals surface area contributed by atoms with Crippen molar-refractivity contribution in [3.63, 3.8) is 0 Å². The number of rotatable bonds is 5. The number of anilines is 1. The molecular weight excluding hydrogens is 354 g/mol. The van der Waals surface area contributed by atoms with E-state index >= 15 is 0 Å². The molecule has 2 bridgehead atoms. The van der Waals surface area contributed by atoms with Crippen LogP contribution in [0, 0.1) is 5.92 Å². The van der Waals surface area contributed by atoms with E-state index in [0.29, 0.717) is 22.2 Å². The molecule has 2 aliphatic rings. The number of carbonyl (C=O) groups excluding carboxylic acids is 1. The van der Waals surface area contributed by atoms with Crippen LogP contribution in [0.2, 0.25) is 5.02 Å². The fourth-order valence-corrected chi connectivity index (χ4v) is 3.77.